The van der Waals surface area contributed by atoms with Crippen molar-refractivity contribution < 1.29 is 4.39 Å². The Bertz CT molecular complexity index is 369. The van der Waals surface area contributed by atoms with Crippen molar-refractivity contribution in [3.05, 3.63) is 35.1 Å². The Labute approximate surface area is 130 Å². The molecule has 1 rings (SSSR count). The quantitative estimate of drug-likeness (QED) is 0.499. The SMILES string of the molecule is CCCCCCCCC(NCCC)c1cc(C)cc(F)c1. The molecule has 0 amide bonds. The molecule has 0 aliphatic carbocycles. The first-order valence-electron chi connectivity index (χ1n) is 8.67. The van der Waals surface area contributed by atoms with Gasteiger partial charge in [-0.1, -0.05) is 58.4 Å². The molecular formula is C19H32FN. The number of rotatable bonds is 11. The fraction of sp³-hybridized carbons (Fsp3) is 0.684. The standard InChI is InChI=1S/C19H32FN/c1-4-6-7-8-9-10-11-19(21-12-5-2)17-13-16(3)14-18(20)15-17/h13-15,19,21H,4-12H2,1-3H3. The van der Waals surface area contributed by atoms with E-state index in [0.717, 1.165) is 30.5 Å². The van der Waals surface area contributed by atoms with E-state index in [1.807, 2.05) is 6.92 Å². The van der Waals surface area contributed by atoms with Crippen molar-refractivity contribution in [2.45, 2.75) is 78.2 Å². The van der Waals surface area contributed by atoms with Crippen molar-refractivity contribution in [3.63, 3.8) is 0 Å². The predicted molar refractivity (Wildman–Crippen MR) is 90.2 cm³/mol. The highest BCUT2D eigenvalue weighted by Crippen LogP contribution is 2.22. The van der Waals surface area contributed by atoms with Gasteiger partial charge in [-0.15, -0.1) is 0 Å². The van der Waals surface area contributed by atoms with E-state index in [-0.39, 0.29) is 5.82 Å². The van der Waals surface area contributed by atoms with Crippen LogP contribution in [0.2, 0.25) is 0 Å². The monoisotopic (exact) mass is 293 g/mol. The maximum absolute atomic E-state index is 13.6. The van der Waals surface area contributed by atoms with E-state index in [4.69, 9.17) is 0 Å². The summed E-state index contributed by atoms with van der Waals surface area (Å²) in [7, 11) is 0. The summed E-state index contributed by atoms with van der Waals surface area (Å²) in [5.41, 5.74) is 2.12. The molecule has 0 fully saturated rings. The number of hydrogen-bond acceptors (Lipinski definition) is 1. The molecule has 0 radical (unpaired) electrons. The lowest BCUT2D eigenvalue weighted by molar-refractivity contribution is 0.464. The van der Waals surface area contributed by atoms with Gasteiger partial charge in [-0.3, -0.25) is 0 Å². The molecule has 1 nitrogen and oxygen atoms in total. The molecule has 0 saturated heterocycles. The minimum Gasteiger partial charge on any atom is -0.310 e. The lowest BCUT2D eigenvalue weighted by atomic mass is 9.98. The first-order valence-corrected chi connectivity index (χ1v) is 8.67. The third-order valence-electron chi connectivity index (χ3n) is 3.95. The topological polar surface area (TPSA) is 12.0 Å². The van der Waals surface area contributed by atoms with Crippen molar-refractivity contribution in [1.82, 2.24) is 5.32 Å². The maximum atomic E-state index is 13.6. The van der Waals surface area contributed by atoms with Gasteiger partial charge in [0.1, 0.15) is 5.82 Å². The van der Waals surface area contributed by atoms with Gasteiger partial charge in [0.25, 0.3) is 0 Å². The van der Waals surface area contributed by atoms with Crippen molar-refractivity contribution in [2.24, 2.45) is 0 Å². The normalized spacial score (nSPS) is 12.6. The Kier molecular flexibility index (Phi) is 9.32. The van der Waals surface area contributed by atoms with Crippen LogP contribution < -0.4 is 5.32 Å². The van der Waals surface area contributed by atoms with Crippen LogP contribution in [0.15, 0.2) is 18.2 Å². The van der Waals surface area contributed by atoms with E-state index in [0.29, 0.717) is 6.04 Å². The second-order valence-electron chi connectivity index (χ2n) is 6.13. The number of aryl methyl sites for hydroxylation is 1. The molecule has 120 valence electrons. The zero-order valence-electron chi connectivity index (χ0n) is 14.1. The summed E-state index contributed by atoms with van der Waals surface area (Å²) >= 11 is 0. The lowest BCUT2D eigenvalue weighted by Gasteiger charge is -2.19. The molecule has 0 aliphatic rings. The van der Waals surface area contributed by atoms with Crippen LogP contribution in [0.4, 0.5) is 4.39 Å². The van der Waals surface area contributed by atoms with Gasteiger partial charge in [-0.25, -0.2) is 4.39 Å². The Morgan fingerprint density at radius 2 is 1.67 bits per heavy atom. The minimum atomic E-state index is -0.115. The molecule has 1 N–H and O–H groups in total. The van der Waals surface area contributed by atoms with Gasteiger partial charge in [0, 0.05) is 6.04 Å². The summed E-state index contributed by atoms with van der Waals surface area (Å²) in [6, 6.07) is 5.71. The summed E-state index contributed by atoms with van der Waals surface area (Å²) in [4.78, 5) is 0. The first kappa shape index (κ1) is 18.2. The van der Waals surface area contributed by atoms with Crippen LogP contribution in [0.25, 0.3) is 0 Å². The molecule has 1 aromatic carbocycles. The summed E-state index contributed by atoms with van der Waals surface area (Å²) in [6.07, 6.45) is 10.1. The van der Waals surface area contributed by atoms with E-state index in [9.17, 15) is 4.39 Å². The van der Waals surface area contributed by atoms with E-state index < -0.39 is 0 Å². The van der Waals surface area contributed by atoms with E-state index >= 15 is 0 Å². The zero-order valence-corrected chi connectivity index (χ0v) is 14.1. The fourth-order valence-electron chi connectivity index (χ4n) is 2.80. The predicted octanol–water partition coefficient (Wildman–Crippen LogP) is 5.93. The number of unbranched alkanes of at least 4 members (excludes halogenated alkanes) is 5. The van der Waals surface area contributed by atoms with Crippen LogP contribution in [0.1, 0.15) is 82.4 Å². The van der Waals surface area contributed by atoms with Gasteiger partial charge in [0.15, 0.2) is 0 Å². The van der Waals surface area contributed by atoms with Crippen molar-refractivity contribution in [1.29, 1.82) is 0 Å². The van der Waals surface area contributed by atoms with Gasteiger partial charge in [-0.05, 0) is 49.6 Å². The minimum absolute atomic E-state index is 0.115. The summed E-state index contributed by atoms with van der Waals surface area (Å²) in [6.45, 7) is 7.38. The Morgan fingerprint density at radius 1 is 0.952 bits per heavy atom. The number of hydrogen-bond donors (Lipinski definition) is 1. The molecule has 1 unspecified atom stereocenters. The van der Waals surface area contributed by atoms with Crippen molar-refractivity contribution in [2.75, 3.05) is 6.54 Å². The molecular weight excluding hydrogens is 261 g/mol. The van der Waals surface area contributed by atoms with Crippen LogP contribution >= 0.6 is 0 Å². The Hall–Kier alpha value is -0.890. The lowest BCUT2D eigenvalue weighted by Crippen LogP contribution is -2.22. The molecule has 1 atom stereocenters. The van der Waals surface area contributed by atoms with E-state index in [1.165, 1.54) is 38.5 Å². The van der Waals surface area contributed by atoms with Crippen molar-refractivity contribution >= 4 is 0 Å². The maximum Gasteiger partial charge on any atom is 0.123 e. The summed E-state index contributed by atoms with van der Waals surface area (Å²) in [5, 5.41) is 3.58. The van der Waals surface area contributed by atoms with Crippen LogP contribution in [-0.2, 0) is 0 Å². The first-order chi connectivity index (χ1) is 10.2. The van der Waals surface area contributed by atoms with Crippen molar-refractivity contribution in [3.8, 4) is 0 Å². The van der Waals surface area contributed by atoms with Crippen LogP contribution in [-0.4, -0.2) is 6.54 Å². The molecule has 0 aliphatic heterocycles. The highest BCUT2D eigenvalue weighted by Gasteiger charge is 2.11. The zero-order chi connectivity index (χ0) is 15.5. The van der Waals surface area contributed by atoms with E-state index in [1.54, 1.807) is 12.1 Å². The molecule has 0 saturated carbocycles. The van der Waals surface area contributed by atoms with E-state index in [2.05, 4.69) is 25.2 Å². The number of halogens is 1. The third kappa shape index (κ3) is 7.61. The van der Waals surface area contributed by atoms with Crippen LogP contribution in [0, 0.1) is 12.7 Å². The molecule has 2 heteroatoms. The number of nitrogens with one attached hydrogen (secondary N) is 1. The second-order valence-corrected chi connectivity index (χ2v) is 6.13. The molecule has 0 aromatic heterocycles. The van der Waals surface area contributed by atoms with Gasteiger partial charge in [0.05, 0.1) is 0 Å². The highest BCUT2D eigenvalue weighted by molar-refractivity contribution is 5.26. The average Bonchev–Trinajstić information content (AvgIpc) is 2.44. The molecule has 1 aromatic rings. The highest BCUT2D eigenvalue weighted by atomic mass is 19.1. The van der Waals surface area contributed by atoms with Gasteiger partial charge >= 0.3 is 0 Å². The summed E-state index contributed by atoms with van der Waals surface area (Å²) < 4.78 is 13.6. The molecule has 0 heterocycles. The second kappa shape index (κ2) is 10.8. The average molecular weight is 293 g/mol. The van der Waals surface area contributed by atoms with Crippen LogP contribution in [0.5, 0.6) is 0 Å². The smallest absolute Gasteiger partial charge is 0.123 e. The Balaban J connectivity index is 2.50. The van der Waals surface area contributed by atoms with Crippen LogP contribution in [0.3, 0.4) is 0 Å². The van der Waals surface area contributed by atoms with Gasteiger partial charge in [-0.2, -0.15) is 0 Å². The summed E-state index contributed by atoms with van der Waals surface area (Å²) in [5.74, 6) is -0.115. The number of benzene rings is 1. The third-order valence-corrected chi connectivity index (χ3v) is 3.95. The fourth-order valence-corrected chi connectivity index (χ4v) is 2.80. The molecule has 0 bridgehead atoms. The Morgan fingerprint density at radius 3 is 2.33 bits per heavy atom. The largest absolute Gasteiger partial charge is 0.310 e. The molecule has 21 heavy (non-hydrogen) atoms. The van der Waals surface area contributed by atoms with Gasteiger partial charge < -0.3 is 5.32 Å². The molecule has 0 spiro atoms. The van der Waals surface area contributed by atoms with Gasteiger partial charge in [0.2, 0.25) is 0 Å².